The molecule has 0 saturated heterocycles. The molecule has 0 fully saturated rings. The van der Waals surface area contributed by atoms with Crippen molar-refractivity contribution in [3.8, 4) is 33.8 Å². The molecule has 2 N–H and O–H groups in total. The van der Waals surface area contributed by atoms with Crippen LogP contribution in [0, 0.1) is 11.8 Å². The Kier molecular flexibility index (Phi) is 8.81. The predicted molar refractivity (Wildman–Crippen MR) is 149 cm³/mol. The quantitative estimate of drug-likeness (QED) is 0.265. The lowest BCUT2D eigenvalue weighted by molar-refractivity contribution is -0.153. The number of carbonyl (C=O) groups is 2. The lowest BCUT2D eigenvalue weighted by atomic mass is 9.96. The van der Waals surface area contributed by atoms with E-state index < -0.39 is 12.0 Å². The van der Waals surface area contributed by atoms with Gasteiger partial charge in [0, 0.05) is 30.3 Å². The molecule has 2 aromatic carbocycles. The standard InChI is InChI=1S/C30H34N6O3/c1-19(2)10-15-27(37)36(28(20(3)4)30(38)39)18-21-11-14-26(31-17-21)25-16-23(22-8-6-5-7-9-22)12-13-24(25)29-32-34-35-33-29/h5-9,11-14,16-17,19-20,28H,10,15,18H2,1-4H3,(H,38,39)(H,32,33,34,35)/t28-/m0/s1. The zero-order chi connectivity index (χ0) is 27.9. The van der Waals surface area contributed by atoms with Crippen LogP contribution >= 0.6 is 0 Å². The Hall–Kier alpha value is -4.40. The zero-order valence-corrected chi connectivity index (χ0v) is 22.7. The van der Waals surface area contributed by atoms with Crippen LogP contribution in [0.3, 0.4) is 0 Å². The van der Waals surface area contributed by atoms with E-state index in [-0.39, 0.29) is 18.4 Å². The highest BCUT2D eigenvalue weighted by Crippen LogP contribution is 2.33. The van der Waals surface area contributed by atoms with Gasteiger partial charge in [0.2, 0.25) is 11.7 Å². The average molecular weight is 527 g/mol. The van der Waals surface area contributed by atoms with Crippen molar-refractivity contribution < 1.29 is 14.7 Å². The molecule has 0 radical (unpaired) electrons. The van der Waals surface area contributed by atoms with E-state index in [1.165, 1.54) is 4.90 Å². The third-order valence-corrected chi connectivity index (χ3v) is 6.64. The number of hydrogen-bond acceptors (Lipinski definition) is 6. The van der Waals surface area contributed by atoms with Crippen LogP contribution < -0.4 is 0 Å². The highest BCUT2D eigenvalue weighted by molar-refractivity contribution is 5.84. The molecular formula is C30H34N6O3. The highest BCUT2D eigenvalue weighted by atomic mass is 16.4. The molecule has 2 heterocycles. The molecular weight excluding hydrogens is 492 g/mol. The molecule has 202 valence electrons. The lowest BCUT2D eigenvalue weighted by Gasteiger charge is -2.32. The van der Waals surface area contributed by atoms with Crippen molar-refractivity contribution in [2.75, 3.05) is 0 Å². The fourth-order valence-electron chi connectivity index (χ4n) is 4.59. The van der Waals surface area contributed by atoms with Crippen LogP contribution in [0.5, 0.6) is 0 Å². The number of carbonyl (C=O) groups excluding carboxylic acids is 1. The first-order chi connectivity index (χ1) is 18.7. The number of rotatable bonds is 11. The van der Waals surface area contributed by atoms with Gasteiger partial charge >= 0.3 is 5.97 Å². The second-order valence-corrected chi connectivity index (χ2v) is 10.4. The van der Waals surface area contributed by atoms with Crippen molar-refractivity contribution in [2.45, 2.75) is 53.1 Å². The summed E-state index contributed by atoms with van der Waals surface area (Å²) in [6.45, 7) is 7.91. The molecule has 1 amide bonds. The molecule has 9 heteroatoms. The van der Waals surface area contributed by atoms with Crippen molar-refractivity contribution in [2.24, 2.45) is 11.8 Å². The van der Waals surface area contributed by atoms with Crippen molar-refractivity contribution in [3.05, 3.63) is 72.4 Å². The van der Waals surface area contributed by atoms with Gasteiger partial charge in [0.05, 0.1) is 5.69 Å². The number of pyridine rings is 1. The Balaban J connectivity index is 1.67. The van der Waals surface area contributed by atoms with Gasteiger partial charge in [-0.2, -0.15) is 5.21 Å². The Bertz CT molecular complexity index is 1390. The van der Waals surface area contributed by atoms with Crippen molar-refractivity contribution >= 4 is 11.9 Å². The van der Waals surface area contributed by atoms with Crippen LogP contribution in [0.2, 0.25) is 0 Å². The fourth-order valence-corrected chi connectivity index (χ4v) is 4.59. The van der Waals surface area contributed by atoms with Crippen LogP contribution in [0.15, 0.2) is 66.9 Å². The monoisotopic (exact) mass is 526 g/mol. The third-order valence-electron chi connectivity index (χ3n) is 6.64. The predicted octanol–water partition coefficient (Wildman–Crippen LogP) is 5.47. The number of aliphatic carboxylic acids is 1. The SMILES string of the molecule is CC(C)CCC(=O)N(Cc1ccc(-c2cc(-c3ccccc3)ccc2-c2nn[nH]n2)nc1)[C@H](C(=O)O)C(C)C. The van der Waals surface area contributed by atoms with Gasteiger partial charge in [-0.3, -0.25) is 9.78 Å². The maximum absolute atomic E-state index is 13.2. The third kappa shape index (κ3) is 6.73. The fraction of sp³-hybridized carbons (Fsp3) is 0.333. The van der Waals surface area contributed by atoms with Gasteiger partial charge in [-0.15, -0.1) is 10.2 Å². The minimum absolute atomic E-state index is 0.163. The number of nitrogens with zero attached hydrogens (tertiary/aromatic N) is 5. The largest absolute Gasteiger partial charge is 0.480 e. The second-order valence-electron chi connectivity index (χ2n) is 10.4. The van der Waals surface area contributed by atoms with E-state index in [4.69, 9.17) is 4.98 Å². The van der Waals surface area contributed by atoms with Gasteiger partial charge in [0.15, 0.2) is 0 Å². The van der Waals surface area contributed by atoms with Crippen LogP contribution in [-0.2, 0) is 16.1 Å². The van der Waals surface area contributed by atoms with Crippen molar-refractivity contribution in [3.63, 3.8) is 0 Å². The molecule has 4 aromatic rings. The molecule has 4 rings (SSSR count). The first kappa shape index (κ1) is 27.6. The summed E-state index contributed by atoms with van der Waals surface area (Å²) in [5, 5.41) is 24.5. The average Bonchev–Trinajstić information content (AvgIpc) is 3.46. The van der Waals surface area contributed by atoms with Gasteiger partial charge in [-0.05, 0) is 58.4 Å². The molecule has 0 spiro atoms. The van der Waals surface area contributed by atoms with Gasteiger partial charge in [0.25, 0.3) is 0 Å². The maximum Gasteiger partial charge on any atom is 0.326 e. The van der Waals surface area contributed by atoms with E-state index >= 15 is 0 Å². The van der Waals surface area contributed by atoms with Crippen molar-refractivity contribution in [1.82, 2.24) is 30.5 Å². The first-order valence-electron chi connectivity index (χ1n) is 13.2. The number of aromatic amines is 1. The second kappa shape index (κ2) is 12.4. The number of benzene rings is 2. The number of nitrogens with one attached hydrogen (secondary N) is 1. The van der Waals surface area contributed by atoms with Gasteiger partial charge in [-0.25, -0.2) is 4.79 Å². The van der Waals surface area contributed by atoms with E-state index in [0.29, 0.717) is 30.3 Å². The van der Waals surface area contributed by atoms with Crippen LogP contribution in [0.4, 0.5) is 0 Å². The minimum Gasteiger partial charge on any atom is -0.480 e. The molecule has 0 aliphatic rings. The summed E-state index contributed by atoms with van der Waals surface area (Å²) in [5.41, 5.74) is 5.15. The molecule has 0 aliphatic heterocycles. The number of hydrogen-bond donors (Lipinski definition) is 2. The van der Waals surface area contributed by atoms with Gasteiger partial charge in [-0.1, -0.05) is 70.2 Å². The molecule has 1 atom stereocenters. The number of carboxylic acid groups (broad SMARTS) is 1. The Morgan fingerprint density at radius 2 is 1.72 bits per heavy atom. The molecule has 0 bridgehead atoms. The van der Waals surface area contributed by atoms with E-state index in [1.54, 1.807) is 6.20 Å². The molecule has 0 saturated carbocycles. The van der Waals surface area contributed by atoms with Crippen LogP contribution in [-0.4, -0.2) is 53.5 Å². The van der Waals surface area contributed by atoms with E-state index in [9.17, 15) is 14.7 Å². The molecule has 39 heavy (non-hydrogen) atoms. The Labute approximate surface area is 228 Å². The number of H-pyrrole nitrogens is 1. The summed E-state index contributed by atoms with van der Waals surface area (Å²) in [7, 11) is 0. The van der Waals surface area contributed by atoms with E-state index in [1.807, 2.05) is 88.4 Å². The lowest BCUT2D eigenvalue weighted by Crippen LogP contribution is -2.47. The number of carboxylic acids is 1. The van der Waals surface area contributed by atoms with Crippen LogP contribution in [0.25, 0.3) is 33.8 Å². The molecule has 0 unspecified atom stereocenters. The van der Waals surface area contributed by atoms with Crippen molar-refractivity contribution in [1.29, 1.82) is 0 Å². The number of tetrazole rings is 1. The van der Waals surface area contributed by atoms with E-state index in [0.717, 1.165) is 27.8 Å². The maximum atomic E-state index is 13.2. The number of aromatic nitrogens is 5. The zero-order valence-electron chi connectivity index (χ0n) is 22.7. The topological polar surface area (TPSA) is 125 Å². The summed E-state index contributed by atoms with van der Waals surface area (Å²) >= 11 is 0. The van der Waals surface area contributed by atoms with Gasteiger partial charge in [0.1, 0.15) is 6.04 Å². The summed E-state index contributed by atoms with van der Waals surface area (Å²) in [6.07, 6.45) is 2.71. The first-order valence-corrected chi connectivity index (χ1v) is 13.2. The minimum atomic E-state index is -1.00. The summed E-state index contributed by atoms with van der Waals surface area (Å²) < 4.78 is 0. The van der Waals surface area contributed by atoms with E-state index in [2.05, 4.69) is 20.6 Å². The summed E-state index contributed by atoms with van der Waals surface area (Å²) in [6, 6.07) is 18.9. The highest BCUT2D eigenvalue weighted by Gasteiger charge is 2.32. The Morgan fingerprint density at radius 1 is 0.949 bits per heavy atom. The molecule has 9 nitrogen and oxygen atoms in total. The smallest absolute Gasteiger partial charge is 0.326 e. The number of amides is 1. The molecule has 0 aliphatic carbocycles. The summed E-state index contributed by atoms with van der Waals surface area (Å²) in [4.78, 5) is 31.5. The normalized spacial score (nSPS) is 12.1. The molecule has 2 aromatic heterocycles. The van der Waals surface area contributed by atoms with Gasteiger partial charge < -0.3 is 10.0 Å². The van der Waals surface area contributed by atoms with Crippen LogP contribution in [0.1, 0.15) is 46.1 Å². The Morgan fingerprint density at radius 3 is 2.31 bits per heavy atom. The summed E-state index contributed by atoms with van der Waals surface area (Å²) in [5.74, 6) is -0.604.